The molecule has 0 amide bonds. The van der Waals surface area contributed by atoms with E-state index in [4.69, 9.17) is 9.47 Å². The molecule has 0 aromatic heterocycles. The Morgan fingerprint density at radius 2 is 1.84 bits per heavy atom. The quantitative estimate of drug-likeness (QED) is 0.238. The zero-order valence-electron chi connectivity index (χ0n) is 24.8. The largest absolute Gasteiger partial charge is 0.493 e. The lowest BCUT2D eigenvalue weighted by molar-refractivity contribution is -0.109. The highest BCUT2D eigenvalue weighted by Gasteiger charge is 2.33. The van der Waals surface area contributed by atoms with E-state index < -0.39 is 0 Å². The first-order valence-corrected chi connectivity index (χ1v) is 15.4. The number of hydrogen-bond acceptors (Lipinski definition) is 6. The molecule has 6 heteroatoms. The summed E-state index contributed by atoms with van der Waals surface area (Å²) in [5.41, 5.74) is 2.76. The van der Waals surface area contributed by atoms with E-state index in [0.717, 1.165) is 57.5 Å². The Hall–Kier alpha value is -1.47. The maximum Gasteiger partial charge on any atom is 0.133 e. The van der Waals surface area contributed by atoms with Crippen molar-refractivity contribution in [3.8, 4) is 5.75 Å². The van der Waals surface area contributed by atoms with Crippen molar-refractivity contribution in [1.29, 1.82) is 0 Å². The fraction of sp³-hybridized carbons (Fsp3) is 0.781. The summed E-state index contributed by atoms with van der Waals surface area (Å²) in [4.78, 5) is 18.2. The number of carbonyl (C=O) groups is 1. The van der Waals surface area contributed by atoms with Gasteiger partial charge in [-0.3, -0.25) is 4.90 Å². The van der Waals surface area contributed by atoms with Gasteiger partial charge in [-0.2, -0.15) is 0 Å². The highest BCUT2D eigenvalue weighted by atomic mass is 16.5. The molecule has 2 fully saturated rings. The van der Waals surface area contributed by atoms with Gasteiger partial charge in [-0.25, -0.2) is 0 Å². The first-order valence-electron chi connectivity index (χ1n) is 15.4. The molecule has 0 aliphatic carbocycles. The third-order valence-corrected chi connectivity index (χ3v) is 8.41. The van der Waals surface area contributed by atoms with E-state index >= 15 is 0 Å². The third-order valence-electron chi connectivity index (χ3n) is 8.41. The second kappa shape index (κ2) is 17.3. The van der Waals surface area contributed by atoms with E-state index in [2.05, 4.69) is 61.0 Å². The molecule has 0 radical (unpaired) electrons. The fourth-order valence-electron chi connectivity index (χ4n) is 6.07. The van der Waals surface area contributed by atoms with Gasteiger partial charge in [0.1, 0.15) is 12.0 Å². The molecule has 3 aliphatic rings. The van der Waals surface area contributed by atoms with Gasteiger partial charge in [-0.15, -0.1) is 0 Å². The number of unbranched alkanes of at least 4 members (excludes halogenated alkanes) is 2. The van der Waals surface area contributed by atoms with E-state index in [1.54, 1.807) is 0 Å². The molecule has 1 aromatic rings. The maximum absolute atomic E-state index is 11.1. The normalized spacial score (nSPS) is 23.3. The predicted molar refractivity (Wildman–Crippen MR) is 157 cm³/mol. The average Bonchev–Trinajstić information content (AvgIpc) is 3.56. The molecule has 3 atom stereocenters. The smallest absolute Gasteiger partial charge is 0.133 e. The monoisotopic (exact) mass is 529 g/mol. The minimum atomic E-state index is 0.433. The van der Waals surface area contributed by atoms with Crippen molar-refractivity contribution in [2.45, 2.75) is 95.6 Å². The van der Waals surface area contributed by atoms with Crippen LogP contribution in [0.3, 0.4) is 0 Å². The Labute approximate surface area is 233 Å². The highest BCUT2D eigenvalue weighted by molar-refractivity contribution is 5.52. The fourth-order valence-corrected chi connectivity index (χ4v) is 6.07. The molecular weight excluding hydrogens is 474 g/mol. The molecule has 3 heterocycles. The van der Waals surface area contributed by atoms with Crippen LogP contribution in [0.15, 0.2) is 18.2 Å². The predicted octanol–water partition coefficient (Wildman–Crippen LogP) is 5.39. The molecule has 3 aliphatic heterocycles. The van der Waals surface area contributed by atoms with Crippen LogP contribution in [-0.2, 0) is 16.0 Å². The van der Waals surface area contributed by atoms with Crippen LogP contribution >= 0.6 is 0 Å². The second-order valence-corrected chi connectivity index (χ2v) is 11.9. The minimum Gasteiger partial charge on any atom is -0.493 e. The van der Waals surface area contributed by atoms with E-state index in [0.29, 0.717) is 24.6 Å². The summed E-state index contributed by atoms with van der Waals surface area (Å²) < 4.78 is 11.5. The highest BCUT2D eigenvalue weighted by Crippen LogP contribution is 2.37. The van der Waals surface area contributed by atoms with Crippen LogP contribution in [0.5, 0.6) is 5.75 Å². The SMILES string of the molecule is CCCCN(C)CCCCN(C)C.O=CCN1CC(c2ccc3c(c2)CCO3)CC1CCC1CCCCO1. The number of benzene rings is 1. The van der Waals surface area contributed by atoms with Crippen molar-refractivity contribution in [3.05, 3.63) is 29.3 Å². The minimum absolute atomic E-state index is 0.433. The van der Waals surface area contributed by atoms with E-state index in [9.17, 15) is 4.79 Å². The summed E-state index contributed by atoms with van der Waals surface area (Å²) in [6, 6.07) is 7.19. The molecule has 0 spiro atoms. The number of ether oxygens (including phenoxy) is 2. The van der Waals surface area contributed by atoms with E-state index in [1.807, 2.05) is 0 Å². The summed E-state index contributed by atoms with van der Waals surface area (Å²) in [7, 11) is 6.51. The lowest BCUT2D eigenvalue weighted by atomic mass is 9.92. The first-order chi connectivity index (χ1) is 18.5. The van der Waals surface area contributed by atoms with Crippen molar-refractivity contribution in [2.24, 2.45) is 0 Å². The van der Waals surface area contributed by atoms with E-state index in [1.165, 1.54) is 75.7 Å². The number of carbonyl (C=O) groups excluding carboxylic acids is 1. The van der Waals surface area contributed by atoms with Gasteiger partial charge in [0.15, 0.2) is 0 Å². The van der Waals surface area contributed by atoms with Crippen molar-refractivity contribution >= 4 is 6.29 Å². The number of aldehydes is 1. The molecule has 0 N–H and O–H groups in total. The summed E-state index contributed by atoms with van der Waals surface area (Å²) >= 11 is 0. The van der Waals surface area contributed by atoms with Gasteiger partial charge in [0, 0.05) is 25.6 Å². The summed E-state index contributed by atoms with van der Waals surface area (Å²) in [6.07, 6.45) is 15.0. The zero-order chi connectivity index (χ0) is 27.2. The lowest BCUT2D eigenvalue weighted by Gasteiger charge is -2.26. The number of hydrogen-bond donors (Lipinski definition) is 0. The van der Waals surface area contributed by atoms with Crippen LogP contribution in [0.25, 0.3) is 0 Å². The standard InChI is InChI=1S/C21H29NO3.C11H26N2/c23-10-9-22-15-18(16-4-7-21-17(13-16)8-12-25-21)14-19(22)5-6-20-3-1-2-11-24-20;1-5-6-10-13(4)11-8-7-9-12(2)3/h4,7,10,13,18-20H,1-3,5-6,8-9,11-12,14-15H2;5-11H2,1-4H3. The van der Waals surface area contributed by atoms with Gasteiger partial charge >= 0.3 is 0 Å². The van der Waals surface area contributed by atoms with Gasteiger partial charge in [-0.1, -0.05) is 25.5 Å². The molecule has 38 heavy (non-hydrogen) atoms. The topological polar surface area (TPSA) is 45.2 Å². The van der Waals surface area contributed by atoms with Crippen LogP contribution in [0.2, 0.25) is 0 Å². The first kappa shape index (κ1) is 31.1. The maximum atomic E-state index is 11.1. The van der Waals surface area contributed by atoms with Crippen molar-refractivity contribution < 1.29 is 14.3 Å². The number of likely N-dealkylation sites (tertiary alicyclic amines) is 1. The van der Waals surface area contributed by atoms with Gasteiger partial charge in [0.2, 0.25) is 0 Å². The van der Waals surface area contributed by atoms with Crippen LogP contribution in [0.4, 0.5) is 0 Å². The number of nitrogens with zero attached hydrogens (tertiary/aromatic N) is 3. The molecule has 2 saturated heterocycles. The third kappa shape index (κ3) is 10.6. The molecule has 0 saturated carbocycles. The molecule has 3 unspecified atom stereocenters. The summed E-state index contributed by atoms with van der Waals surface area (Å²) in [5.74, 6) is 1.58. The average molecular weight is 530 g/mol. The number of fused-ring (bicyclic) bond motifs is 1. The number of rotatable bonds is 14. The molecule has 4 rings (SSSR count). The molecular formula is C32H55N3O3. The van der Waals surface area contributed by atoms with Gasteiger partial charge in [0.25, 0.3) is 0 Å². The van der Waals surface area contributed by atoms with Gasteiger partial charge in [-0.05, 0) is 122 Å². The van der Waals surface area contributed by atoms with Crippen LogP contribution < -0.4 is 4.74 Å². The van der Waals surface area contributed by atoms with Gasteiger partial charge < -0.3 is 24.1 Å². The second-order valence-electron chi connectivity index (χ2n) is 11.9. The van der Waals surface area contributed by atoms with Crippen LogP contribution in [-0.4, -0.2) is 100 Å². The van der Waals surface area contributed by atoms with Crippen LogP contribution in [0.1, 0.15) is 88.2 Å². The Kier molecular flexibility index (Phi) is 14.1. The molecule has 1 aromatic carbocycles. The Morgan fingerprint density at radius 1 is 1.03 bits per heavy atom. The van der Waals surface area contributed by atoms with Crippen molar-refractivity contribution in [3.63, 3.8) is 0 Å². The van der Waals surface area contributed by atoms with Crippen LogP contribution in [0, 0.1) is 0 Å². The Bertz CT molecular complexity index is 796. The van der Waals surface area contributed by atoms with Gasteiger partial charge in [0.05, 0.1) is 19.3 Å². The lowest BCUT2D eigenvalue weighted by Crippen LogP contribution is -2.32. The molecule has 216 valence electrons. The van der Waals surface area contributed by atoms with Crippen molar-refractivity contribution in [1.82, 2.24) is 14.7 Å². The summed E-state index contributed by atoms with van der Waals surface area (Å²) in [5, 5.41) is 0. The molecule has 6 nitrogen and oxygen atoms in total. The molecule has 0 bridgehead atoms. The van der Waals surface area contributed by atoms with E-state index in [-0.39, 0.29) is 0 Å². The Morgan fingerprint density at radius 3 is 2.58 bits per heavy atom. The summed E-state index contributed by atoms with van der Waals surface area (Å²) in [6.45, 7) is 9.28. The zero-order valence-corrected chi connectivity index (χ0v) is 24.8. The Balaban J connectivity index is 0.000000263. The van der Waals surface area contributed by atoms with Crippen molar-refractivity contribution in [2.75, 3.05) is 67.1 Å².